The molecule has 1 N–H and O–H groups in total. The third kappa shape index (κ3) is 4.70. The molecule has 0 fully saturated rings. The van der Waals surface area contributed by atoms with Crippen LogP contribution in [0.5, 0.6) is 0 Å². The molecule has 1 atom stereocenters. The summed E-state index contributed by atoms with van der Waals surface area (Å²) in [6, 6.07) is 8.76. The first kappa shape index (κ1) is 21.3. The quantitative estimate of drug-likeness (QED) is 0.649. The van der Waals surface area contributed by atoms with Gasteiger partial charge in [-0.1, -0.05) is 18.2 Å². The number of halogens is 3. The molecule has 31 heavy (non-hydrogen) atoms. The van der Waals surface area contributed by atoms with Crippen LogP contribution < -0.4 is 10.6 Å². The minimum absolute atomic E-state index is 0.0702. The first-order chi connectivity index (χ1) is 14.7. The van der Waals surface area contributed by atoms with Crippen LogP contribution in [0.15, 0.2) is 53.6 Å². The summed E-state index contributed by atoms with van der Waals surface area (Å²) in [6.45, 7) is 1.46. The summed E-state index contributed by atoms with van der Waals surface area (Å²) in [5, 5.41) is 10.5. The standard InChI is InChI=1S/C21H19F3N4O2S/c1-21(23,24)18-7-6-15(31-18)10-28-12-25-19(26-20(28)30)27-9-8-16(17(29)11-27)13-2-4-14(22)5-3-13/h2-8,12,17,29H,9-11H2,1H3/t17-/m0/s1. The topological polar surface area (TPSA) is 71.2 Å². The van der Waals surface area contributed by atoms with Gasteiger partial charge in [-0.15, -0.1) is 11.3 Å². The molecule has 2 aromatic heterocycles. The first-order valence-corrected chi connectivity index (χ1v) is 10.3. The molecule has 0 spiro atoms. The maximum Gasteiger partial charge on any atom is 0.352 e. The van der Waals surface area contributed by atoms with E-state index in [0.717, 1.165) is 23.8 Å². The van der Waals surface area contributed by atoms with Gasteiger partial charge < -0.3 is 10.0 Å². The number of anilines is 1. The summed E-state index contributed by atoms with van der Waals surface area (Å²) in [5.74, 6) is -3.11. The van der Waals surface area contributed by atoms with Crippen molar-refractivity contribution in [3.05, 3.63) is 80.4 Å². The van der Waals surface area contributed by atoms with Crippen molar-refractivity contribution >= 4 is 22.9 Å². The zero-order valence-corrected chi connectivity index (χ0v) is 17.3. The van der Waals surface area contributed by atoms with Gasteiger partial charge in [0.15, 0.2) is 0 Å². The maximum atomic E-state index is 13.4. The predicted octanol–water partition coefficient (Wildman–Crippen LogP) is 3.26. The number of nitrogens with zero attached hydrogens (tertiary/aromatic N) is 4. The highest BCUT2D eigenvalue weighted by molar-refractivity contribution is 7.12. The third-order valence-electron chi connectivity index (χ3n) is 4.92. The Kier molecular flexibility index (Phi) is 5.67. The van der Waals surface area contributed by atoms with Gasteiger partial charge in [-0.05, 0) is 35.4 Å². The maximum absolute atomic E-state index is 13.4. The van der Waals surface area contributed by atoms with Gasteiger partial charge in [-0.25, -0.2) is 22.9 Å². The average Bonchev–Trinajstić information content (AvgIpc) is 3.19. The van der Waals surface area contributed by atoms with E-state index in [9.17, 15) is 23.1 Å². The number of thiophene rings is 1. The van der Waals surface area contributed by atoms with E-state index in [4.69, 9.17) is 0 Å². The summed E-state index contributed by atoms with van der Waals surface area (Å²) in [7, 11) is 0. The molecule has 3 aromatic rings. The van der Waals surface area contributed by atoms with Crippen molar-refractivity contribution in [1.82, 2.24) is 14.5 Å². The van der Waals surface area contributed by atoms with Crippen molar-refractivity contribution in [2.45, 2.75) is 25.5 Å². The number of aliphatic hydroxyl groups is 1. The molecule has 1 aliphatic rings. The fourth-order valence-corrected chi connectivity index (χ4v) is 4.26. The molecule has 0 aliphatic carbocycles. The molecule has 0 saturated heterocycles. The molecule has 0 bridgehead atoms. The Morgan fingerprint density at radius 3 is 2.58 bits per heavy atom. The lowest BCUT2D eigenvalue weighted by molar-refractivity contribution is 0.0215. The van der Waals surface area contributed by atoms with Gasteiger partial charge in [0.25, 0.3) is 5.92 Å². The molecule has 0 unspecified atom stereocenters. The van der Waals surface area contributed by atoms with Gasteiger partial charge in [-0.2, -0.15) is 4.98 Å². The smallest absolute Gasteiger partial charge is 0.352 e. The van der Waals surface area contributed by atoms with Crippen LogP contribution in [-0.4, -0.2) is 38.8 Å². The molecule has 0 amide bonds. The summed E-state index contributed by atoms with van der Waals surface area (Å²) >= 11 is 0.935. The van der Waals surface area contributed by atoms with Crippen LogP contribution in [0.4, 0.5) is 19.1 Å². The second kappa shape index (κ2) is 8.27. The number of hydrogen-bond acceptors (Lipinski definition) is 6. The van der Waals surface area contributed by atoms with Crippen molar-refractivity contribution in [3.8, 4) is 0 Å². The molecular weight excluding hydrogens is 429 g/mol. The predicted molar refractivity (Wildman–Crippen MR) is 112 cm³/mol. The fourth-order valence-electron chi connectivity index (χ4n) is 3.32. The number of β-amino-alcohol motifs (C(OH)–C–C–N with tert-alkyl or cyclic N) is 1. The molecule has 10 heteroatoms. The zero-order valence-electron chi connectivity index (χ0n) is 16.5. The van der Waals surface area contributed by atoms with Crippen LogP contribution in [0, 0.1) is 5.82 Å². The van der Waals surface area contributed by atoms with Crippen LogP contribution in [0.1, 0.15) is 22.2 Å². The summed E-state index contributed by atoms with van der Waals surface area (Å²) in [5.41, 5.74) is 0.828. The Bertz CT molecular complexity index is 1170. The second-order valence-electron chi connectivity index (χ2n) is 7.31. The molecule has 0 saturated carbocycles. The zero-order chi connectivity index (χ0) is 22.2. The Morgan fingerprint density at radius 1 is 1.23 bits per heavy atom. The minimum Gasteiger partial charge on any atom is -0.387 e. The SMILES string of the molecule is CC(F)(F)c1ccc(Cn2cnc(N3CC=C(c4ccc(F)cc4)[C@@H](O)C3)nc2=O)s1. The van der Waals surface area contributed by atoms with E-state index < -0.39 is 17.7 Å². The van der Waals surface area contributed by atoms with E-state index in [2.05, 4.69) is 9.97 Å². The molecule has 4 rings (SSSR count). The van der Waals surface area contributed by atoms with Gasteiger partial charge >= 0.3 is 5.69 Å². The van der Waals surface area contributed by atoms with E-state index in [0.29, 0.717) is 17.0 Å². The van der Waals surface area contributed by atoms with E-state index in [1.165, 1.54) is 29.1 Å². The van der Waals surface area contributed by atoms with Crippen molar-refractivity contribution in [1.29, 1.82) is 0 Å². The highest BCUT2D eigenvalue weighted by atomic mass is 32.1. The number of hydrogen-bond donors (Lipinski definition) is 1. The Labute approximate surface area is 179 Å². The Balaban J connectivity index is 1.49. The van der Waals surface area contributed by atoms with Gasteiger partial charge in [0.05, 0.1) is 24.1 Å². The molecule has 3 heterocycles. The number of aromatic nitrogens is 3. The van der Waals surface area contributed by atoms with Crippen LogP contribution >= 0.6 is 11.3 Å². The van der Waals surface area contributed by atoms with Gasteiger partial charge in [0, 0.05) is 18.3 Å². The monoisotopic (exact) mass is 448 g/mol. The number of aliphatic hydroxyl groups excluding tert-OH is 1. The number of alkyl halides is 2. The van der Waals surface area contributed by atoms with E-state index >= 15 is 0 Å². The van der Waals surface area contributed by atoms with Gasteiger partial charge in [0.2, 0.25) is 5.95 Å². The number of rotatable bonds is 5. The van der Waals surface area contributed by atoms with E-state index in [1.54, 1.807) is 29.2 Å². The average molecular weight is 448 g/mol. The van der Waals surface area contributed by atoms with Crippen molar-refractivity contribution in [2.75, 3.05) is 18.0 Å². The first-order valence-electron chi connectivity index (χ1n) is 9.50. The van der Waals surface area contributed by atoms with Crippen molar-refractivity contribution < 1.29 is 18.3 Å². The lowest BCUT2D eigenvalue weighted by Gasteiger charge is -2.30. The van der Waals surface area contributed by atoms with Crippen LogP contribution in [0.2, 0.25) is 0 Å². The van der Waals surface area contributed by atoms with Crippen LogP contribution in [-0.2, 0) is 12.5 Å². The Hall–Kier alpha value is -2.98. The lowest BCUT2D eigenvalue weighted by atomic mass is 9.97. The van der Waals surface area contributed by atoms with Crippen molar-refractivity contribution in [3.63, 3.8) is 0 Å². The lowest BCUT2D eigenvalue weighted by Crippen LogP contribution is -2.40. The van der Waals surface area contributed by atoms with Gasteiger partial charge in [-0.3, -0.25) is 4.57 Å². The van der Waals surface area contributed by atoms with Crippen LogP contribution in [0.3, 0.4) is 0 Å². The van der Waals surface area contributed by atoms with E-state index in [-0.39, 0.29) is 29.7 Å². The van der Waals surface area contributed by atoms with E-state index in [1.807, 2.05) is 0 Å². The second-order valence-corrected chi connectivity index (χ2v) is 8.48. The summed E-state index contributed by atoms with van der Waals surface area (Å²) in [4.78, 5) is 22.8. The van der Waals surface area contributed by atoms with Gasteiger partial charge in [0.1, 0.15) is 12.1 Å². The molecule has 1 aliphatic heterocycles. The largest absolute Gasteiger partial charge is 0.387 e. The highest BCUT2D eigenvalue weighted by Crippen LogP contribution is 2.33. The molecule has 0 radical (unpaired) electrons. The molecule has 162 valence electrons. The third-order valence-corrected chi connectivity index (χ3v) is 6.16. The fraction of sp³-hybridized carbons (Fsp3) is 0.286. The summed E-state index contributed by atoms with van der Waals surface area (Å²) in [6.07, 6.45) is 2.25. The normalized spacial score (nSPS) is 17.0. The minimum atomic E-state index is -2.93. The van der Waals surface area contributed by atoms with Crippen molar-refractivity contribution in [2.24, 2.45) is 0 Å². The highest BCUT2D eigenvalue weighted by Gasteiger charge is 2.27. The number of benzene rings is 1. The molecule has 1 aromatic carbocycles. The summed E-state index contributed by atoms with van der Waals surface area (Å²) < 4.78 is 41.2. The van der Waals surface area contributed by atoms with Crippen LogP contribution in [0.25, 0.3) is 5.57 Å². The Morgan fingerprint density at radius 2 is 1.97 bits per heavy atom. The molecule has 6 nitrogen and oxygen atoms in total. The molecular formula is C21H19F3N4O2S.